The van der Waals surface area contributed by atoms with Crippen molar-refractivity contribution in [3.05, 3.63) is 69.8 Å². The van der Waals surface area contributed by atoms with E-state index in [1.807, 2.05) is 0 Å². The Hall–Kier alpha value is -1.56. The van der Waals surface area contributed by atoms with Crippen molar-refractivity contribution in [2.75, 3.05) is 0 Å². The number of rotatable bonds is 4. The molecule has 2 rings (SSSR count). The summed E-state index contributed by atoms with van der Waals surface area (Å²) in [5.41, 5.74) is 8.46. The highest BCUT2D eigenvalue weighted by atomic mass is 14.3. The summed E-state index contributed by atoms with van der Waals surface area (Å²) < 4.78 is 0. The van der Waals surface area contributed by atoms with Crippen LogP contribution in [0.4, 0.5) is 0 Å². The molecule has 0 heterocycles. The van der Waals surface area contributed by atoms with E-state index in [0.29, 0.717) is 5.92 Å². The zero-order chi connectivity index (χ0) is 16.5. The molecule has 0 aliphatic rings. The molecular formula is C22H30. The van der Waals surface area contributed by atoms with Crippen LogP contribution >= 0.6 is 0 Å². The van der Waals surface area contributed by atoms with E-state index in [4.69, 9.17) is 0 Å². The van der Waals surface area contributed by atoms with Crippen LogP contribution in [-0.4, -0.2) is 0 Å². The van der Waals surface area contributed by atoms with Crippen molar-refractivity contribution in [2.45, 2.75) is 60.3 Å². The number of aryl methyl sites for hydroxylation is 4. The molecule has 2 aromatic carbocycles. The number of hydrogen-bond acceptors (Lipinski definition) is 0. The molecule has 0 aliphatic carbocycles. The van der Waals surface area contributed by atoms with Gasteiger partial charge >= 0.3 is 0 Å². The third kappa shape index (κ3) is 3.27. The Labute approximate surface area is 136 Å². The van der Waals surface area contributed by atoms with Crippen LogP contribution in [0.1, 0.15) is 60.6 Å². The predicted octanol–water partition coefficient (Wildman–Crippen LogP) is 6.27. The molecule has 22 heavy (non-hydrogen) atoms. The van der Waals surface area contributed by atoms with E-state index in [1.165, 1.54) is 33.4 Å². The SMILES string of the molecule is Cc1ccc(C(C)(CC(C)C)c2ccc(C)c(C)c2)cc1C. The Bertz CT molecular complexity index is 610. The zero-order valence-electron chi connectivity index (χ0n) is 15.2. The molecule has 0 unspecified atom stereocenters. The molecule has 0 aliphatic heterocycles. The van der Waals surface area contributed by atoms with E-state index in [-0.39, 0.29) is 5.41 Å². The van der Waals surface area contributed by atoms with Crippen LogP contribution in [0.2, 0.25) is 0 Å². The Morgan fingerprint density at radius 2 is 1.14 bits per heavy atom. The fourth-order valence-electron chi connectivity index (χ4n) is 3.39. The first-order valence-electron chi connectivity index (χ1n) is 8.39. The van der Waals surface area contributed by atoms with Crippen molar-refractivity contribution in [3.63, 3.8) is 0 Å². The van der Waals surface area contributed by atoms with Gasteiger partial charge in [-0.25, -0.2) is 0 Å². The topological polar surface area (TPSA) is 0 Å². The summed E-state index contributed by atoms with van der Waals surface area (Å²) in [5, 5.41) is 0. The van der Waals surface area contributed by atoms with Gasteiger partial charge in [-0.1, -0.05) is 57.2 Å². The maximum atomic E-state index is 2.40. The molecule has 0 radical (unpaired) electrons. The fraction of sp³-hybridized carbons (Fsp3) is 0.455. The third-order valence-corrected chi connectivity index (χ3v) is 5.10. The van der Waals surface area contributed by atoms with Crippen LogP contribution in [0, 0.1) is 33.6 Å². The summed E-state index contributed by atoms with van der Waals surface area (Å²) in [6.07, 6.45) is 1.16. The highest BCUT2D eigenvalue weighted by molar-refractivity contribution is 5.44. The predicted molar refractivity (Wildman–Crippen MR) is 97.7 cm³/mol. The molecule has 0 spiro atoms. The second-order valence-electron chi connectivity index (χ2n) is 7.53. The maximum absolute atomic E-state index is 2.40. The highest BCUT2D eigenvalue weighted by Crippen LogP contribution is 2.39. The average molecular weight is 294 g/mol. The fourth-order valence-corrected chi connectivity index (χ4v) is 3.39. The summed E-state index contributed by atoms with van der Waals surface area (Å²) in [5.74, 6) is 0.660. The van der Waals surface area contributed by atoms with Gasteiger partial charge in [0.2, 0.25) is 0 Å². The molecule has 0 heteroatoms. The monoisotopic (exact) mass is 294 g/mol. The minimum atomic E-state index is 0.0745. The van der Waals surface area contributed by atoms with Gasteiger partial charge in [0.25, 0.3) is 0 Å². The van der Waals surface area contributed by atoms with Gasteiger partial charge < -0.3 is 0 Å². The summed E-state index contributed by atoms with van der Waals surface area (Å²) >= 11 is 0. The third-order valence-electron chi connectivity index (χ3n) is 5.10. The van der Waals surface area contributed by atoms with E-state index in [2.05, 4.69) is 84.9 Å². The first-order valence-corrected chi connectivity index (χ1v) is 8.39. The normalized spacial score (nSPS) is 12.0. The quantitative estimate of drug-likeness (QED) is 0.623. The minimum Gasteiger partial charge on any atom is -0.0627 e. The molecular weight excluding hydrogens is 264 g/mol. The van der Waals surface area contributed by atoms with Crippen molar-refractivity contribution in [3.8, 4) is 0 Å². The van der Waals surface area contributed by atoms with Gasteiger partial charge in [-0.3, -0.25) is 0 Å². The standard InChI is InChI=1S/C22H30/c1-15(2)14-22(7,20-10-8-16(3)18(5)12-20)21-11-9-17(4)19(6)13-21/h8-13,15H,14H2,1-7H3. The maximum Gasteiger partial charge on any atom is 0.0177 e. The van der Waals surface area contributed by atoms with Gasteiger partial charge in [0.15, 0.2) is 0 Å². The van der Waals surface area contributed by atoms with Crippen molar-refractivity contribution in [1.82, 2.24) is 0 Å². The van der Waals surface area contributed by atoms with E-state index in [9.17, 15) is 0 Å². The molecule has 0 bridgehead atoms. The van der Waals surface area contributed by atoms with Gasteiger partial charge in [-0.2, -0.15) is 0 Å². The lowest BCUT2D eigenvalue weighted by Gasteiger charge is -2.34. The average Bonchev–Trinajstić information content (AvgIpc) is 2.43. The summed E-state index contributed by atoms with van der Waals surface area (Å²) in [6.45, 7) is 15.9. The number of benzene rings is 2. The van der Waals surface area contributed by atoms with E-state index < -0.39 is 0 Å². The van der Waals surface area contributed by atoms with Crippen molar-refractivity contribution in [2.24, 2.45) is 5.92 Å². The van der Waals surface area contributed by atoms with Crippen molar-refractivity contribution < 1.29 is 0 Å². The van der Waals surface area contributed by atoms with Crippen LogP contribution in [0.15, 0.2) is 36.4 Å². The molecule has 0 aromatic heterocycles. The van der Waals surface area contributed by atoms with Gasteiger partial charge in [-0.15, -0.1) is 0 Å². The zero-order valence-corrected chi connectivity index (χ0v) is 15.2. The minimum absolute atomic E-state index is 0.0745. The Kier molecular flexibility index (Phi) is 4.80. The first-order chi connectivity index (χ1) is 10.2. The van der Waals surface area contributed by atoms with Crippen LogP contribution in [-0.2, 0) is 5.41 Å². The lowest BCUT2D eigenvalue weighted by Crippen LogP contribution is -2.26. The van der Waals surface area contributed by atoms with Gasteiger partial charge in [-0.05, 0) is 73.4 Å². The van der Waals surface area contributed by atoms with Crippen LogP contribution < -0.4 is 0 Å². The van der Waals surface area contributed by atoms with E-state index in [0.717, 1.165) is 6.42 Å². The van der Waals surface area contributed by atoms with Crippen LogP contribution in [0.5, 0.6) is 0 Å². The van der Waals surface area contributed by atoms with Crippen LogP contribution in [0.3, 0.4) is 0 Å². The molecule has 0 atom stereocenters. The lowest BCUT2D eigenvalue weighted by molar-refractivity contribution is 0.427. The molecule has 0 saturated heterocycles. The Morgan fingerprint density at radius 3 is 1.45 bits per heavy atom. The van der Waals surface area contributed by atoms with E-state index >= 15 is 0 Å². The first kappa shape index (κ1) is 16.8. The molecule has 0 amide bonds. The van der Waals surface area contributed by atoms with Crippen LogP contribution in [0.25, 0.3) is 0 Å². The summed E-state index contributed by atoms with van der Waals surface area (Å²) in [4.78, 5) is 0. The second-order valence-corrected chi connectivity index (χ2v) is 7.53. The lowest BCUT2D eigenvalue weighted by atomic mass is 9.70. The molecule has 2 aromatic rings. The Balaban J connectivity index is 2.60. The molecule has 0 fully saturated rings. The summed E-state index contributed by atoms with van der Waals surface area (Å²) in [7, 11) is 0. The highest BCUT2D eigenvalue weighted by Gasteiger charge is 2.30. The number of hydrogen-bond donors (Lipinski definition) is 0. The van der Waals surface area contributed by atoms with E-state index in [1.54, 1.807) is 0 Å². The smallest absolute Gasteiger partial charge is 0.0177 e. The van der Waals surface area contributed by atoms with Crippen molar-refractivity contribution >= 4 is 0 Å². The van der Waals surface area contributed by atoms with Gasteiger partial charge in [0.1, 0.15) is 0 Å². The second kappa shape index (κ2) is 6.28. The van der Waals surface area contributed by atoms with Gasteiger partial charge in [0, 0.05) is 5.41 Å². The molecule has 0 N–H and O–H groups in total. The summed E-state index contributed by atoms with van der Waals surface area (Å²) in [6, 6.07) is 13.9. The molecule has 118 valence electrons. The molecule has 0 saturated carbocycles. The largest absolute Gasteiger partial charge is 0.0627 e. The molecule has 0 nitrogen and oxygen atoms in total. The van der Waals surface area contributed by atoms with Gasteiger partial charge in [0.05, 0.1) is 0 Å². The van der Waals surface area contributed by atoms with Crippen molar-refractivity contribution in [1.29, 1.82) is 0 Å². The Morgan fingerprint density at radius 1 is 0.727 bits per heavy atom.